The van der Waals surface area contributed by atoms with Crippen LogP contribution in [0.5, 0.6) is 0 Å². The van der Waals surface area contributed by atoms with E-state index in [0.717, 1.165) is 22.3 Å². The van der Waals surface area contributed by atoms with E-state index < -0.39 is 10.0 Å². The van der Waals surface area contributed by atoms with Crippen LogP contribution >= 0.6 is 23.1 Å². The lowest BCUT2D eigenvalue weighted by atomic mass is 10.2. The fourth-order valence-electron chi connectivity index (χ4n) is 2.22. The topological polar surface area (TPSA) is 72.2 Å². The van der Waals surface area contributed by atoms with Crippen molar-refractivity contribution >= 4 is 43.2 Å². The fourth-order valence-corrected chi connectivity index (χ4v) is 6.20. The summed E-state index contributed by atoms with van der Waals surface area (Å²) in [6.45, 7) is 2.22. The maximum atomic E-state index is 12.8. The van der Waals surface area contributed by atoms with E-state index in [1.165, 1.54) is 11.3 Å². The highest BCUT2D eigenvalue weighted by Gasteiger charge is 2.25. The Labute approximate surface area is 134 Å². The number of thioether (sulfide) groups is 1. The highest BCUT2D eigenvalue weighted by molar-refractivity contribution is 7.98. The van der Waals surface area contributed by atoms with Crippen molar-refractivity contribution in [3.8, 4) is 0 Å². The van der Waals surface area contributed by atoms with Crippen LogP contribution in [0.1, 0.15) is 18.2 Å². The highest BCUT2D eigenvalue weighted by Crippen LogP contribution is 2.34. The van der Waals surface area contributed by atoms with Crippen LogP contribution < -0.4 is 10.5 Å². The molecule has 1 aromatic carbocycles. The molecule has 0 saturated carbocycles. The standard InChI is InChI=1S/C14H20N2O2S3/c1-3-10(9-19-2)16-21(17,18)14-11-6-4-5-7-12(11)20-13(14)8-15/h4-7,10,16H,3,8-9,15H2,1-2H3. The summed E-state index contributed by atoms with van der Waals surface area (Å²) in [6.07, 6.45) is 2.74. The van der Waals surface area contributed by atoms with Gasteiger partial charge >= 0.3 is 0 Å². The summed E-state index contributed by atoms with van der Waals surface area (Å²) in [4.78, 5) is 1.06. The molecule has 2 rings (SSSR count). The Balaban J connectivity index is 2.48. The molecule has 0 aliphatic carbocycles. The predicted octanol–water partition coefficient (Wildman–Crippen LogP) is 2.78. The first-order valence-electron chi connectivity index (χ1n) is 6.75. The molecule has 1 aromatic heterocycles. The second-order valence-corrected chi connectivity index (χ2v) is 8.43. The molecule has 7 heteroatoms. The van der Waals surface area contributed by atoms with E-state index in [-0.39, 0.29) is 12.6 Å². The summed E-state index contributed by atoms with van der Waals surface area (Å²) in [5, 5.41) is 0.759. The number of fused-ring (bicyclic) bond motifs is 1. The van der Waals surface area contributed by atoms with E-state index in [1.54, 1.807) is 11.8 Å². The van der Waals surface area contributed by atoms with E-state index in [2.05, 4.69) is 4.72 Å². The normalized spacial score (nSPS) is 13.7. The summed E-state index contributed by atoms with van der Waals surface area (Å²) in [5.41, 5.74) is 5.75. The Morgan fingerprint density at radius 1 is 1.38 bits per heavy atom. The number of thiophene rings is 1. The van der Waals surface area contributed by atoms with Crippen LogP contribution in [-0.4, -0.2) is 26.5 Å². The molecule has 0 aliphatic rings. The number of hydrogen-bond acceptors (Lipinski definition) is 5. The molecule has 3 N–H and O–H groups in total. The average Bonchev–Trinajstić information content (AvgIpc) is 2.85. The molecule has 116 valence electrons. The van der Waals surface area contributed by atoms with Crippen LogP contribution in [0.3, 0.4) is 0 Å². The van der Waals surface area contributed by atoms with Crippen molar-refractivity contribution in [1.82, 2.24) is 4.72 Å². The van der Waals surface area contributed by atoms with E-state index in [1.807, 2.05) is 37.4 Å². The predicted molar refractivity (Wildman–Crippen MR) is 92.5 cm³/mol. The molecule has 2 aromatic rings. The maximum Gasteiger partial charge on any atom is 0.242 e. The van der Waals surface area contributed by atoms with E-state index in [0.29, 0.717) is 9.77 Å². The molecule has 1 heterocycles. The van der Waals surface area contributed by atoms with Gasteiger partial charge in [0.2, 0.25) is 10.0 Å². The maximum absolute atomic E-state index is 12.8. The third-order valence-corrected chi connectivity index (χ3v) is 6.96. The van der Waals surface area contributed by atoms with E-state index >= 15 is 0 Å². The fraction of sp³-hybridized carbons (Fsp3) is 0.429. The van der Waals surface area contributed by atoms with Gasteiger partial charge in [0.1, 0.15) is 4.90 Å². The number of nitrogens with two attached hydrogens (primary N) is 1. The Hall–Kier alpha value is -0.600. The highest BCUT2D eigenvalue weighted by atomic mass is 32.2. The first-order chi connectivity index (χ1) is 10.0. The number of rotatable bonds is 7. The van der Waals surface area contributed by atoms with E-state index in [4.69, 9.17) is 5.73 Å². The van der Waals surface area contributed by atoms with Gasteiger partial charge in [-0.2, -0.15) is 11.8 Å². The first-order valence-corrected chi connectivity index (χ1v) is 10.4. The lowest BCUT2D eigenvalue weighted by molar-refractivity contribution is 0.558. The second-order valence-electron chi connectivity index (χ2n) is 4.74. The molecule has 21 heavy (non-hydrogen) atoms. The molecule has 0 fully saturated rings. The van der Waals surface area contributed by atoms with Crippen molar-refractivity contribution in [2.24, 2.45) is 5.73 Å². The van der Waals surface area contributed by atoms with Crippen LogP contribution in [0.4, 0.5) is 0 Å². The minimum atomic E-state index is -3.55. The van der Waals surface area contributed by atoms with Gasteiger partial charge in [0, 0.05) is 33.3 Å². The van der Waals surface area contributed by atoms with Crippen LogP contribution in [-0.2, 0) is 16.6 Å². The Bertz CT molecular complexity index is 710. The van der Waals surface area contributed by atoms with Crippen molar-refractivity contribution in [1.29, 1.82) is 0 Å². The Morgan fingerprint density at radius 2 is 2.10 bits per heavy atom. The summed E-state index contributed by atoms with van der Waals surface area (Å²) < 4.78 is 29.3. The van der Waals surface area contributed by atoms with Crippen LogP contribution in [0.15, 0.2) is 29.2 Å². The van der Waals surface area contributed by atoms with Gasteiger partial charge < -0.3 is 5.73 Å². The molecule has 0 amide bonds. The summed E-state index contributed by atoms with van der Waals surface area (Å²) in [5.74, 6) is 0.760. The van der Waals surface area contributed by atoms with Gasteiger partial charge in [0.05, 0.1) is 0 Å². The number of hydrogen-bond donors (Lipinski definition) is 2. The summed E-state index contributed by atoms with van der Waals surface area (Å²) >= 11 is 3.09. The summed E-state index contributed by atoms with van der Waals surface area (Å²) in [6, 6.07) is 7.47. The van der Waals surface area contributed by atoms with Crippen LogP contribution in [0.25, 0.3) is 10.1 Å². The largest absolute Gasteiger partial charge is 0.326 e. The van der Waals surface area contributed by atoms with Gasteiger partial charge in [-0.1, -0.05) is 25.1 Å². The Morgan fingerprint density at radius 3 is 2.71 bits per heavy atom. The molecule has 0 radical (unpaired) electrons. The monoisotopic (exact) mass is 344 g/mol. The van der Waals surface area contributed by atoms with E-state index in [9.17, 15) is 8.42 Å². The smallest absolute Gasteiger partial charge is 0.242 e. The molecule has 4 nitrogen and oxygen atoms in total. The van der Waals surface area contributed by atoms with Gasteiger partial charge in [0.15, 0.2) is 0 Å². The van der Waals surface area contributed by atoms with Crippen molar-refractivity contribution in [2.75, 3.05) is 12.0 Å². The number of benzene rings is 1. The number of nitrogens with one attached hydrogen (secondary N) is 1. The zero-order chi connectivity index (χ0) is 15.5. The molecule has 0 bridgehead atoms. The van der Waals surface area contributed by atoms with Crippen molar-refractivity contribution in [3.05, 3.63) is 29.1 Å². The molecular weight excluding hydrogens is 324 g/mol. The molecule has 0 spiro atoms. The zero-order valence-corrected chi connectivity index (χ0v) is 14.6. The molecule has 1 unspecified atom stereocenters. The lowest BCUT2D eigenvalue weighted by Crippen LogP contribution is -2.36. The lowest BCUT2D eigenvalue weighted by Gasteiger charge is -2.16. The third kappa shape index (κ3) is 3.60. The quantitative estimate of drug-likeness (QED) is 0.810. The average molecular weight is 345 g/mol. The third-order valence-electron chi connectivity index (χ3n) is 3.25. The molecule has 1 atom stereocenters. The van der Waals surface area contributed by atoms with Crippen molar-refractivity contribution in [3.63, 3.8) is 0 Å². The first kappa shape index (κ1) is 16.8. The van der Waals surface area contributed by atoms with Gasteiger partial charge in [-0.3, -0.25) is 0 Å². The molecule has 0 aliphatic heterocycles. The van der Waals surface area contributed by atoms with Gasteiger partial charge in [0.25, 0.3) is 0 Å². The second kappa shape index (κ2) is 7.11. The molecular formula is C14H20N2O2S3. The van der Waals surface area contributed by atoms with Crippen molar-refractivity contribution in [2.45, 2.75) is 30.8 Å². The number of sulfonamides is 1. The van der Waals surface area contributed by atoms with Gasteiger partial charge in [-0.05, 0) is 18.7 Å². The zero-order valence-electron chi connectivity index (χ0n) is 12.1. The van der Waals surface area contributed by atoms with Crippen molar-refractivity contribution < 1.29 is 8.42 Å². The molecule has 0 saturated heterocycles. The van der Waals surface area contributed by atoms with Gasteiger partial charge in [-0.25, -0.2) is 13.1 Å². The van der Waals surface area contributed by atoms with Crippen LogP contribution in [0.2, 0.25) is 0 Å². The SMILES string of the molecule is CCC(CSC)NS(=O)(=O)c1c(CN)sc2ccccc12. The minimum absolute atomic E-state index is 0.0608. The van der Waals surface area contributed by atoms with Crippen LogP contribution in [0, 0.1) is 0 Å². The summed E-state index contributed by atoms with van der Waals surface area (Å²) in [7, 11) is -3.55. The minimum Gasteiger partial charge on any atom is -0.326 e. The van der Waals surface area contributed by atoms with Gasteiger partial charge in [-0.15, -0.1) is 11.3 Å². The Kier molecular flexibility index (Phi) is 5.67.